The van der Waals surface area contributed by atoms with Crippen LogP contribution in [0.25, 0.3) is 11.5 Å². The number of hydrogen-bond donors (Lipinski definition) is 0. The van der Waals surface area contributed by atoms with Crippen LogP contribution in [0.3, 0.4) is 0 Å². The molecule has 0 N–H and O–H groups in total. The lowest BCUT2D eigenvalue weighted by Gasteiger charge is -2.01. The van der Waals surface area contributed by atoms with Crippen LogP contribution in [0.2, 0.25) is 0 Å². The topological polar surface area (TPSA) is 56.7 Å². The van der Waals surface area contributed by atoms with Gasteiger partial charge in [0.2, 0.25) is 0 Å². The third-order valence-corrected chi connectivity index (χ3v) is 2.99. The van der Waals surface area contributed by atoms with E-state index in [1.165, 1.54) is 12.1 Å². The van der Waals surface area contributed by atoms with Crippen LogP contribution in [-0.4, -0.2) is 19.7 Å². The molecule has 5 nitrogen and oxygen atoms in total. The van der Waals surface area contributed by atoms with Gasteiger partial charge in [-0.1, -0.05) is 12.1 Å². The summed E-state index contributed by atoms with van der Waals surface area (Å²) >= 11 is 0. The van der Waals surface area contributed by atoms with E-state index in [4.69, 9.17) is 4.52 Å². The summed E-state index contributed by atoms with van der Waals surface area (Å²) in [6, 6.07) is 5.96. The summed E-state index contributed by atoms with van der Waals surface area (Å²) in [5.41, 5.74) is 0.700. The van der Waals surface area contributed by atoms with Crippen LogP contribution >= 0.6 is 0 Å². The minimum absolute atomic E-state index is 0.292. The van der Waals surface area contributed by atoms with Crippen LogP contribution in [0.15, 0.2) is 41.2 Å². The van der Waals surface area contributed by atoms with Crippen LogP contribution in [-0.2, 0) is 13.0 Å². The second kappa shape index (κ2) is 5.24. The Hall–Kier alpha value is -2.50. The van der Waals surface area contributed by atoms with Gasteiger partial charge in [0, 0.05) is 24.4 Å². The van der Waals surface area contributed by atoms with Gasteiger partial charge in [-0.05, 0) is 24.3 Å². The van der Waals surface area contributed by atoms with Crippen molar-refractivity contribution >= 4 is 0 Å². The Balaban J connectivity index is 1.82. The molecule has 0 amide bonds. The van der Waals surface area contributed by atoms with Crippen molar-refractivity contribution in [1.29, 1.82) is 0 Å². The minimum Gasteiger partial charge on any atom is -0.334 e. The maximum atomic E-state index is 12.9. The molecule has 1 aromatic carbocycles. The Morgan fingerprint density at radius 1 is 1.25 bits per heavy atom. The molecule has 0 spiro atoms. The molecule has 102 valence electrons. The van der Waals surface area contributed by atoms with Gasteiger partial charge in [0.25, 0.3) is 5.89 Å². The summed E-state index contributed by atoms with van der Waals surface area (Å²) < 4.78 is 20.0. The number of imidazole rings is 1. The Morgan fingerprint density at radius 2 is 2.05 bits per heavy atom. The van der Waals surface area contributed by atoms with Crippen molar-refractivity contribution in [1.82, 2.24) is 19.7 Å². The van der Waals surface area contributed by atoms with Crippen LogP contribution in [0.1, 0.15) is 18.6 Å². The first-order chi connectivity index (χ1) is 9.76. The van der Waals surface area contributed by atoms with Crippen molar-refractivity contribution in [3.63, 3.8) is 0 Å². The highest BCUT2D eigenvalue weighted by atomic mass is 19.1. The maximum Gasteiger partial charge on any atom is 0.257 e. The fourth-order valence-corrected chi connectivity index (χ4v) is 1.98. The molecule has 0 fully saturated rings. The molecular weight excluding hydrogens is 259 g/mol. The molecule has 3 rings (SSSR count). The lowest BCUT2D eigenvalue weighted by Crippen LogP contribution is -2.04. The number of aromatic nitrogens is 4. The van der Waals surface area contributed by atoms with E-state index in [-0.39, 0.29) is 5.82 Å². The summed E-state index contributed by atoms with van der Waals surface area (Å²) in [7, 11) is 0. The van der Waals surface area contributed by atoms with Gasteiger partial charge < -0.3 is 9.09 Å². The summed E-state index contributed by atoms with van der Waals surface area (Å²) in [6.45, 7) is 2.55. The lowest BCUT2D eigenvalue weighted by atomic mass is 10.2. The minimum atomic E-state index is -0.292. The fraction of sp³-hybridized carbons (Fsp3) is 0.214. The molecule has 0 aliphatic rings. The first kappa shape index (κ1) is 12.5. The maximum absolute atomic E-state index is 12.9. The van der Waals surface area contributed by atoms with Gasteiger partial charge in [0.15, 0.2) is 5.82 Å². The molecule has 0 aliphatic carbocycles. The highest BCUT2D eigenvalue weighted by Crippen LogP contribution is 2.17. The molecule has 6 heteroatoms. The van der Waals surface area contributed by atoms with Gasteiger partial charge in [-0.2, -0.15) is 4.98 Å². The number of aryl methyl sites for hydroxylation is 1. The molecule has 0 aliphatic heterocycles. The SMILES string of the molecule is CCc1nccn1Cc1noc(-c2ccc(F)cc2)n1. The third-order valence-electron chi connectivity index (χ3n) is 2.99. The predicted molar refractivity (Wildman–Crippen MR) is 70.4 cm³/mol. The predicted octanol–water partition coefficient (Wildman–Crippen LogP) is 2.68. The van der Waals surface area contributed by atoms with Crippen molar-refractivity contribution in [2.45, 2.75) is 19.9 Å². The first-order valence-electron chi connectivity index (χ1n) is 6.35. The van der Waals surface area contributed by atoms with Gasteiger partial charge >= 0.3 is 0 Å². The highest BCUT2D eigenvalue weighted by molar-refractivity contribution is 5.52. The summed E-state index contributed by atoms with van der Waals surface area (Å²) in [6.07, 6.45) is 4.47. The Morgan fingerprint density at radius 3 is 2.80 bits per heavy atom. The Kier molecular flexibility index (Phi) is 3.28. The molecule has 3 aromatic rings. The zero-order valence-electron chi connectivity index (χ0n) is 11.0. The van der Waals surface area contributed by atoms with Gasteiger partial charge in [-0.25, -0.2) is 9.37 Å². The number of rotatable bonds is 4. The van der Waals surface area contributed by atoms with E-state index in [0.717, 1.165) is 12.2 Å². The van der Waals surface area contributed by atoms with E-state index in [0.29, 0.717) is 23.8 Å². The van der Waals surface area contributed by atoms with Gasteiger partial charge in [-0.3, -0.25) is 0 Å². The van der Waals surface area contributed by atoms with Crippen molar-refractivity contribution < 1.29 is 8.91 Å². The molecular formula is C14H13FN4O. The molecule has 20 heavy (non-hydrogen) atoms. The van der Waals surface area contributed by atoms with E-state index < -0.39 is 0 Å². The lowest BCUT2D eigenvalue weighted by molar-refractivity contribution is 0.420. The van der Waals surface area contributed by atoms with Crippen LogP contribution in [0, 0.1) is 5.82 Å². The largest absolute Gasteiger partial charge is 0.334 e. The van der Waals surface area contributed by atoms with Crippen molar-refractivity contribution in [3.05, 3.63) is 54.1 Å². The summed E-state index contributed by atoms with van der Waals surface area (Å²) in [5.74, 6) is 1.63. The van der Waals surface area contributed by atoms with E-state index in [9.17, 15) is 4.39 Å². The Labute approximate surface area is 115 Å². The van der Waals surface area contributed by atoms with Crippen molar-refractivity contribution in [2.24, 2.45) is 0 Å². The first-order valence-corrected chi connectivity index (χ1v) is 6.35. The molecule has 0 atom stereocenters. The number of benzene rings is 1. The third kappa shape index (κ3) is 2.45. The standard InChI is InChI=1S/C14H13FN4O/c1-2-13-16-7-8-19(13)9-12-17-14(20-18-12)10-3-5-11(15)6-4-10/h3-8H,2,9H2,1H3. The molecule has 0 bridgehead atoms. The molecule has 2 heterocycles. The second-order valence-corrected chi connectivity index (χ2v) is 4.35. The molecule has 0 unspecified atom stereocenters. The average molecular weight is 272 g/mol. The number of halogens is 1. The number of nitrogens with zero attached hydrogens (tertiary/aromatic N) is 4. The zero-order valence-corrected chi connectivity index (χ0v) is 11.0. The molecule has 0 radical (unpaired) electrons. The molecule has 0 saturated heterocycles. The quantitative estimate of drug-likeness (QED) is 0.732. The van der Waals surface area contributed by atoms with Crippen LogP contribution in [0.4, 0.5) is 4.39 Å². The fourth-order valence-electron chi connectivity index (χ4n) is 1.98. The van der Waals surface area contributed by atoms with E-state index in [1.807, 2.05) is 17.7 Å². The van der Waals surface area contributed by atoms with Crippen molar-refractivity contribution in [2.75, 3.05) is 0 Å². The van der Waals surface area contributed by atoms with Gasteiger partial charge in [-0.15, -0.1) is 0 Å². The normalized spacial score (nSPS) is 10.9. The zero-order chi connectivity index (χ0) is 13.9. The van der Waals surface area contributed by atoms with Crippen molar-refractivity contribution in [3.8, 4) is 11.5 Å². The highest BCUT2D eigenvalue weighted by Gasteiger charge is 2.10. The van der Waals surface area contributed by atoms with Crippen LogP contribution in [0.5, 0.6) is 0 Å². The average Bonchev–Trinajstić information content (AvgIpc) is 3.09. The van der Waals surface area contributed by atoms with Crippen LogP contribution < -0.4 is 0 Å². The smallest absolute Gasteiger partial charge is 0.257 e. The summed E-state index contributed by atoms with van der Waals surface area (Å²) in [4.78, 5) is 8.55. The molecule has 0 saturated carbocycles. The van der Waals surface area contributed by atoms with E-state index in [1.54, 1.807) is 18.3 Å². The van der Waals surface area contributed by atoms with E-state index >= 15 is 0 Å². The van der Waals surface area contributed by atoms with E-state index in [2.05, 4.69) is 15.1 Å². The van der Waals surface area contributed by atoms with Gasteiger partial charge in [0.05, 0.1) is 6.54 Å². The monoisotopic (exact) mass is 272 g/mol. The Bertz CT molecular complexity index is 702. The summed E-state index contributed by atoms with van der Waals surface area (Å²) in [5, 5.41) is 3.94. The number of hydrogen-bond acceptors (Lipinski definition) is 4. The second-order valence-electron chi connectivity index (χ2n) is 4.35. The molecule has 2 aromatic heterocycles. The van der Waals surface area contributed by atoms with Gasteiger partial charge in [0.1, 0.15) is 11.6 Å².